The van der Waals surface area contributed by atoms with Gasteiger partial charge in [0.25, 0.3) is 0 Å². The predicted molar refractivity (Wildman–Crippen MR) is 77.0 cm³/mol. The number of hydrogen-bond donors (Lipinski definition) is 2. The summed E-state index contributed by atoms with van der Waals surface area (Å²) < 4.78 is 6.10. The number of aryl methyl sites for hydroxylation is 1. The van der Waals surface area contributed by atoms with Crippen LogP contribution in [0.5, 0.6) is 0 Å². The summed E-state index contributed by atoms with van der Waals surface area (Å²) in [6.07, 6.45) is 1.82. The van der Waals surface area contributed by atoms with Crippen molar-refractivity contribution in [2.45, 2.75) is 18.9 Å². The standard InChI is InChI=1S/C13H14BrNO3S/c14-9-6-10(19-8-9)3-4-13(17)15-7-11(16)12-2-1-5-18-12/h1-2,5-6,8,11,16H,3-4,7H2,(H,15,17). The third kappa shape index (κ3) is 4.49. The van der Waals surface area contributed by atoms with Gasteiger partial charge in [-0.25, -0.2) is 0 Å². The van der Waals surface area contributed by atoms with Crippen molar-refractivity contribution >= 4 is 33.2 Å². The lowest BCUT2D eigenvalue weighted by atomic mass is 10.2. The largest absolute Gasteiger partial charge is 0.467 e. The van der Waals surface area contributed by atoms with Crippen molar-refractivity contribution in [1.82, 2.24) is 5.32 Å². The molecule has 0 aliphatic rings. The second-order valence-electron chi connectivity index (χ2n) is 4.07. The summed E-state index contributed by atoms with van der Waals surface area (Å²) in [7, 11) is 0. The van der Waals surface area contributed by atoms with E-state index in [0.29, 0.717) is 18.6 Å². The molecular weight excluding hydrogens is 330 g/mol. The Kier molecular flexibility index (Phi) is 5.18. The smallest absolute Gasteiger partial charge is 0.220 e. The van der Waals surface area contributed by atoms with E-state index in [4.69, 9.17) is 4.42 Å². The molecule has 2 heterocycles. The number of aliphatic hydroxyl groups is 1. The molecular formula is C13H14BrNO3S. The quantitative estimate of drug-likeness (QED) is 0.847. The van der Waals surface area contributed by atoms with Crippen LogP contribution in [-0.4, -0.2) is 17.6 Å². The zero-order chi connectivity index (χ0) is 13.7. The summed E-state index contributed by atoms with van der Waals surface area (Å²) in [5.41, 5.74) is 0. The van der Waals surface area contributed by atoms with Crippen LogP contribution in [0.25, 0.3) is 0 Å². The fourth-order valence-corrected chi connectivity index (χ4v) is 3.06. The van der Waals surface area contributed by atoms with Gasteiger partial charge < -0.3 is 14.8 Å². The first-order chi connectivity index (χ1) is 9.15. The van der Waals surface area contributed by atoms with Gasteiger partial charge in [-0.2, -0.15) is 0 Å². The Balaban J connectivity index is 1.70. The molecule has 0 saturated heterocycles. The number of nitrogens with one attached hydrogen (secondary N) is 1. The molecule has 2 aromatic heterocycles. The van der Waals surface area contributed by atoms with Crippen molar-refractivity contribution in [2.75, 3.05) is 6.54 Å². The first kappa shape index (κ1) is 14.3. The lowest BCUT2D eigenvalue weighted by Crippen LogP contribution is -2.28. The van der Waals surface area contributed by atoms with Crippen molar-refractivity contribution in [3.63, 3.8) is 0 Å². The van der Waals surface area contributed by atoms with Crippen LogP contribution in [0.1, 0.15) is 23.2 Å². The maximum atomic E-state index is 11.6. The van der Waals surface area contributed by atoms with Crippen LogP contribution in [-0.2, 0) is 11.2 Å². The van der Waals surface area contributed by atoms with Crippen LogP contribution in [0.15, 0.2) is 38.7 Å². The summed E-state index contributed by atoms with van der Waals surface area (Å²) in [6, 6.07) is 5.39. The van der Waals surface area contributed by atoms with Crippen LogP contribution >= 0.6 is 27.3 Å². The molecule has 0 aliphatic heterocycles. The number of halogens is 1. The van der Waals surface area contributed by atoms with Crippen LogP contribution < -0.4 is 5.32 Å². The Hall–Kier alpha value is -1.11. The lowest BCUT2D eigenvalue weighted by molar-refractivity contribution is -0.121. The minimum Gasteiger partial charge on any atom is -0.467 e. The number of carbonyl (C=O) groups is 1. The van der Waals surface area contributed by atoms with Gasteiger partial charge >= 0.3 is 0 Å². The van der Waals surface area contributed by atoms with Crippen molar-refractivity contribution in [1.29, 1.82) is 0 Å². The maximum Gasteiger partial charge on any atom is 0.220 e. The summed E-state index contributed by atoms with van der Waals surface area (Å²) in [5, 5.41) is 14.4. The summed E-state index contributed by atoms with van der Waals surface area (Å²) in [6.45, 7) is 0.167. The van der Waals surface area contributed by atoms with Gasteiger partial charge in [-0.3, -0.25) is 4.79 Å². The average Bonchev–Trinajstić information content (AvgIpc) is 3.04. The van der Waals surface area contributed by atoms with Crippen molar-refractivity contribution < 1.29 is 14.3 Å². The van der Waals surface area contributed by atoms with Gasteiger partial charge in [-0.1, -0.05) is 0 Å². The number of amides is 1. The molecule has 0 fully saturated rings. The van der Waals surface area contributed by atoms with Crippen molar-refractivity contribution in [3.05, 3.63) is 45.0 Å². The van der Waals surface area contributed by atoms with Crippen molar-refractivity contribution in [3.8, 4) is 0 Å². The highest BCUT2D eigenvalue weighted by molar-refractivity contribution is 9.10. The third-order valence-electron chi connectivity index (χ3n) is 2.58. The van der Waals surface area contributed by atoms with E-state index in [1.807, 2.05) is 11.4 Å². The van der Waals surface area contributed by atoms with Gasteiger partial charge in [0.1, 0.15) is 11.9 Å². The Morgan fingerprint density at radius 2 is 2.42 bits per heavy atom. The summed E-state index contributed by atoms with van der Waals surface area (Å²) in [4.78, 5) is 12.8. The molecule has 102 valence electrons. The molecule has 0 radical (unpaired) electrons. The molecule has 1 unspecified atom stereocenters. The van der Waals surface area contributed by atoms with Gasteiger partial charge in [0, 0.05) is 21.2 Å². The first-order valence-electron chi connectivity index (χ1n) is 5.86. The Morgan fingerprint density at radius 3 is 3.05 bits per heavy atom. The summed E-state index contributed by atoms with van der Waals surface area (Å²) in [5.74, 6) is 0.387. The van der Waals surface area contributed by atoms with Gasteiger partial charge in [-0.15, -0.1) is 11.3 Å². The normalized spacial score (nSPS) is 12.3. The van der Waals surface area contributed by atoms with Gasteiger partial charge in [0.15, 0.2) is 0 Å². The molecule has 0 bridgehead atoms. The number of aliphatic hydroxyl groups excluding tert-OH is 1. The third-order valence-corrected chi connectivity index (χ3v) is 4.34. The highest BCUT2D eigenvalue weighted by Gasteiger charge is 2.12. The van der Waals surface area contributed by atoms with E-state index >= 15 is 0 Å². The van der Waals surface area contributed by atoms with E-state index in [1.165, 1.54) is 6.26 Å². The molecule has 4 nitrogen and oxygen atoms in total. The fourth-order valence-electron chi connectivity index (χ4n) is 1.60. The molecule has 0 aliphatic carbocycles. The van der Waals surface area contributed by atoms with Gasteiger partial charge in [0.2, 0.25) is 5.91 Å². The zero-order valence-corrected chi connectivity index (χ0v) is 12.5. The molecule has 0 saturated carbocycles. The SMILES string of the molecule is O=C(CCc1cc(Br)cs1)NCC(O)c1ccco1. The minimum atomic E-state index is -0.796. The number of hydrogen-bond acceptors (Lipinski definition) is 4. The number of carbonyl (C=O) groups excluding carboxylic acids is 1. The molecule has 1 atom stereocenters. The van der Waals surface area contributed by atoms with E-state index in [9.17, 15) is 9.90 Å². The highest BCUT2D eigenvalue weighted by atomic mass is 79.9. The van der Waals surface area contributed by atoms with Crippen LogP contribution in [0, 0.1) is 0 Å². The van der Waals surface area contributed by atoms with Crippen LogP contribution in [0.4, 0.5) is 0 Å². The molecule has 6 heteroatoms. The Labute approximate surface area is 123 Å². The van der Waals surface area contributed by atoms with E-state index in [2.05, 4.69) is 21.2 Å². The molecule has 0 aromatic carbocycles. The Bertz CT molecular complexity index is 524. The number of furan rings is 1. The van der Waals surface area contributed by atoms with Gasteiger partial charge in [-0.05, 0) is 40.5 Å². The maximum absolute atomic E-state index is 11.6. The average molecular weight is 344 g/mol. The first-order valence-corrected chi connectivity index (χ1v) is 7.53. The molecule has 2 N–H and O–H groups in total. The van der Waals surface area contributed by atoms with Crippen LogP contribution in [0.2, 0.25) is 0 Å². The number of thiophene rings is 1. The van der Waals surface area contributed by atoms with Crippen LogP contribution in [0.3, 0.4) is 0 Å². The lowest BCUT2D eigenvalue weighted by Gasteiger charge is -2.09. The van der Waals surface area contributed by atoms with E-state index in [-0.39, 0.29) is 12.5 Å². The van der Waals surface area contributed by atoms with E-state index in [0.717, 1.165) is 9.35 Å². The Morgan fingerprint density at radius 1 is 1.58 bits per heavy atom. The van der Waals surface area contributed by atoms with Gasteiger partial charge in [0.05, 0.1) is 12.8 Å². The van der Waals surface area contributed by atoms with E-state index in [1.54, 1.807) is 23.5 Å². The molecule has 0 spiro atoms. The monoisotopic (exact) mass is 343 g/mol. The van der Waals surface area contributed by atoms with E-state index < -0.39 is 6.10 Å². The zero-order valence-electron chi connectivity index (χ0n) is 10.1. The second-order valence-corrected chi connectivity index (χ2v) is 5.98. The fraction of sp³-hybridized carbons (Fsp3) is 0.308. The topological polar surface area (TPSA) is 62.5 Å². The highest BCUT2D eigenvalue weighted by Crippen LogP contribution is 2.20. The number of rotatable bonds is 6. The molecule has 2 rings (SSSR count). The minimum absolute atomic E-state index is 0.0740. The molecule has 19 heavy (non-hydrogen) atoms. The predicted octanol–water partition coefficient (Wildman–Crippen LogP) is 2.89. The summed E-state index contributed by atoms with van der Waals surface area (Å²) >= 11 is 5.00. The second kappa shape index (κ2) is 6.88. The molecule has 2 aromatic rings. The molecule has 1 amide bonds. The van der Waals surface area contributed by atoms with Crippen molar-refractivity contribution in [2.24, 2.45) is 0 Å².